The van der Waals surface area contributed by atoms with Crippen LogP contribution in [0.3, 0.4) is 0 Å². The molecule has 1 heterocycles. The van der Waals surface area contributed by atoms with E-state index in [4.69, 9.17) is 23.7 Å². The lowest BCUT2D eigenvalue weighted by atomic mass is 9.88. The van der Waals surface area contributed by atoms with E-state index in [9.17, 15) is 5.11 Å². The first-order valence-electron chi connectivity index (χ1n) is 14.5. The van der Waals surface area contributed by atoms with E-state index in [0.717, 1.165) is 67.0 Å². The average molecular weight is 588 g/mol. The molecule has 6 atom stereocenters. The third-order valence-electron chi connectivity index (χ3n) is 6.88. The minimum atomic E-state index is -0.869. The Balaban J connectivity index is 2.42. The summed E-state index contributed by atoms with van der Waals surface area (Å²) >= 11 is 3.54. The van der Waals surface area contributed by atoms with Crippen LogP contribution in [0.25, 0.3) is 0 Å². The van der Waals surface area contributed by atoms with Crippen molar-refractivity contribution >= 4 is 15.9 Å². The van der Waals surface area contributed by atoms with Crippen LogP contribution in [0.1, 0.15) is 96.3 Å². The molecule has 1 aromatic rings. The predicted molar refractivity (Wildman–Crippen MR) is 152 cm³/mol. The van der Waals surface area contributed by atoms with E-state index >= 15 is 0 Å². The lowest BCUT2D eigenvalue weighted by molar-refractivity contribution is -0.281. The summed E-state index contributed by atoms with van der Waals surface area (Å²) < 4.78 is 33.1. The van der Waals surface area contributed by atoms with Crippen molar-refractivity contribution in [3.63, 3.8) is 0 Å². The zero-order chi connectivity index (χ0) is 27.0. The van der Waals surface area contributed by atoms with Gasteiger partial charge in [0.1, 0.15) is 36.6 Å². The van der Waals surface area contributed by atoms with E-state index in [1.54, 1.807) is 0 Å². The molecule has 6 nitrogen and oxygen atoms in total. The minimum absolute atomic E-state index is 0.328. The first-order chi connectivity index (χ1) is 18.0. The largest absolute Gasteiger partial charge is 0.386 e. The molecule has 0 aromatic heterocycles. The fourth-order valence-corrected chi connectivity index (χ4v) is 5.07. The van der Waals surface area contributed by atoms with Gasteiger partial charge in [0.05, 0.1) is 6.61 Å². The van der Waals surface area contributed by atoms with Gasteiger partial charge in [0.2, 0.25) is 0 Å². The fourth-order valence-electron chi connectivity index (χ4n) is 4.60. The van der Waals surface area contributed by atoms with Gasteiger partial charge in [0.25, 0.3) is 0 Å². The molecule has 1 saturated heterocycles. The van der Waals surface area contributed by atoms with Gasteiger partial charge in [0, 0.05) is 30.9 Å². The molecule has 0 amide bonds. The Morgan fingerprint density at radius 2 is 1.35 bits per heavy atom. The van der Waals surface area contributed by atoms with Crippen LogP contribution in [0.4, 0.5) is 0 Å². The number of hydrogen-bond donors (Lipinski definition) is 1. The molecule has 1 aliphatic rings. The summed E-state index contributed by atoms with van der Waals surface area (Å²) in [6.45, 7) is 13.5. The molecule has 0 aliphatic carbocycles. The van der Waals surface area contributed by atoms with Crippen molar-refractivity contribution in [1.82, 2.24) is 0 Å². The van der Waals surface area contributed by atoms with Gasteiger partial charge < -0.3 is 28.8 Å². The van der Waals surface area contributed by atoms with Crippen LogP contribution in [0.2, 0.25) is 0 Å². The summed E-state index contributed by atoms with van der Waals surface area (Å²) in [5.74, 6) is 0. The van der Waals surface area contributed by atoms with Crippen molar-refractivity contribution in [2.75, 3.05) is 33.0 Å². The smallest absolute Gasteiger partial charge is 0.117 e. The second kappa shape index (κ2) is 18.7. The van der Waals surface area contributed by atoms with E-state index in [-0.39, 0.29) is 18.3 Å². The monoisotopic (exact) mass is 586 g/mol. The van der Waals surface area contributed by atoms with Crippen LogP contribution < -0.4 is 0 Å². The number of benzene rings is 1. The molecular formula is C30H51BrO6. The molecule has 2 rings (SSSR count). The summed E-state index contributed by atoms with van der Waals surface area (Å²) in [4.78, 5) is 0. The minimum Gasteiger partial charge on any atom is -0.386 e. The molecule has 0 saturated carbocycles. The number of aliphatic hydroxyl groups is 1. The number of rotatable bonds is 19. The van der Waals surface area contributed by atoms with Gasteiger partial charge in [-0.1, -0.05) is 75.4 Å². The van der Waals surface area contributed by atoms with Crippen LogP contribution in [0.15, 0.2) is 22.7 Å². The molecule has 7 heteroatoms. The van der Waals surface area contributed by atoms with E-state index < -0.39 is 18.3 Å². The molecule has 5 unspecified atom stereocenters. The third kappa shape index (κ3) is 10.5. The zero-order valence-corrected chi connectivity index (χ0v) is 25.3. The summed E-state index contributed by atoms with van der Waals surface area (Å²) in [5.41, 5.74) is 1.83. The summed E-state index contributed by atoms with van der Waals surface area (Å²) in [7, 11) is 0. The van der Waals surface area contributed by atoms with Crippen molar-refractivity contribution in [2.24, 2.45) is 0 Å². The van der Waals surface area contributed by atoms with Crippen molar-refractivity contribution in [2.45, 2.75) is 123 Å². The number of aryl methyl sites for hydroxylation is 1. The number of ether oxygens (including phenoxy) is 5. The van der Waals surface area contributed by atoms with Crippen molar-refractivity contribution in [3.8, 4) is 0 Å². The molecule has 214 valence electrons. The Bertz CT molecular complexity index is 732. The molecule has 37 heavy (non-hydrogen) atoms. The molecule has 1 N–H and O–H groups in total. The van der Waals surface area contributed by atoms with Crippen LogP contribution in [0.5, 0.6) is 0 Å². The van der Waals surface area contributed by atoms with E-state index in [1.807, 2.05) is 25.1 Å². The third-order valence-corrected chi connectivity index (χ3v) is 7.37. The molecule has 1 fully saturated rings. The predicted octanol–water partition coefficient (Wildman–Crippen LogP) is 6.93. The van der Waals surface area contributed by atoms with Gasteiger partial charge in [-0.25, -0.2) is 0 Å². The lowest BCUT2D eigenvalue weighted by Crippen LogP contribution is -2.62. The zero-order valence-electron chi connectivity index (χ0n) is 23.8. The number of unbranched alkanes of at least 4 members (excludes halogenated alkanes) is 4. The SMILES string of the molecule is CCCCOCC1OC([C@@H](O)c2ccc(Br)cc2C)C(OCCCC)C(OCCCC)C1OCCCC. The van der Waals surface area contributed by atoms with E-state index in [0.29, 0.717) is 33.0 Å². The van der Waals surface area contributed by atoms with Gasteiger partial charge in [-0.3, -0.25) is 0 Å². The number of halogens is 1. The van der Waals surface area contributed by atoms with Crippen LogP contribution >= 0.6 is 15.9 Å². The van der Waals surface area contributed by atoms with Crippen molar-refractivity contribution in [1.29, 1.82) is 0 Å². The second-order valence-electron chi connectivity index (χ2n) is 10.1. The molecule has 1 aliphatic heterocycles. The normalized spacial score (nSPS) is 24.9. The first kappa shape index (κ1) is 32.7. The van der Waals surface area contributed by atoms with Crippen molar-refractivity contribution < 1.29 is 28.8 Å². The number of aliphatic hydroxyl groups excluding tert-OH is 1. The van der Waals surface area contributed by atoms with Gasteiger partial charge >= 0.3 is 0 Å². The molecule has 0 radical (unpaired) electrons. The Labute approximate surface area is 233 Å². The molecular weight excluding hydrogens is 536 g/mol. The summed E-state index contributed by atoms with van der Waals surface area (Å²) in [6, 6.07) is 5.93. The van der Waals surface area contributed by atoms with E-state index in [2.05, 4.69) is 43.6 Å². The first-order valence-corrected chi connectivity index (χ1v) is 15.3. The van der Waals surface area contributed by atoms with Crippen molar-refractivity contribution in [3.05, 3.63) is 33.8 Å². The van der Waals surface area contributed by atoms with Crippen LogP contribution in [-0.2, 0) is 23.7 Å². The maximum atomic E-state index is 11.7. The van der Waals surface area contributed by atoms with Gasteiger partial charge in [-0.15, -0.1) is 0 Å². The highest BCUT2D eigenvalue weighted by atomic mass is 79.9. The Morgan fingerprint density at radius 3 is 1.92 bits per heavy atom. The lowest BCUT2D eigenvalue weighted by Gasteiger charge is -2.47. The topological polar surface area (TPSA) is 66.4 Å². The molecule has 1 aromatic carbocycles. The van der Waals surface area contributed by atoms with Crippen LogP contribution in [0, 0.1) is 6.92 Å². The molecule has 0 bridgehead atoms. The van der Waals surface area contributed by atoms with Gasteiger partial charge in [-0.05, 0) is 55.9 Å². The highest BCUT2D eigenvalue weighted by Gasteiger charge is 2.50. The highest BCUT2D eigenvalue weighted by molar-refractivity contribution is 9.10. The standard InChI is InChI=1S/C30H51BrO6/c1-6-10-16-33-21-25-27(34-17-11-7-2)29(35-18-12-8-3)30(36-19-13-9-4)28(37-25)26(32)24-15-14-23(31)20-22(24)5/h14-15,20,25-30,32H,6-13,16-19,21H2,1-5H3/t25?,26-,27?,28?,29?,30?/m0/s1. The molecule has 0 spiro atoms. The quantitative estimate of drug-likeness (QED) is 0.177. The van der Waals surface area contributed by atoms with Gasteiger partial charge in [0.15, 0.2) is 0 Å². The number of hydrogen-bond acceptors (Lipinski definition) is 6. The maximum Gasteiger partial charge on any atom is 0.117 e. The Hall–Kier alpha value is -0.540. The Kier molecular flexibility index (Phi) is 16.5. The van der Waals surface area contributed by atoms with E-state index in [1.165, 1.54) is 0 Å². The van der Waals surface area contributed by atoms with Gasteiger partial charge in [-0.2, -0.15) is 0 Å². The fraction of sp³-hybridized carbons (Fsp3) is 0.800. The highest BCUT2D eigenvalue weighted by Crippen LogP contribution is 2.36. The Morgan fingerprint density at radius 1 is 0.811 bits per heavy atom. The maximum absolute atomic E-state index is 11.7. The average Bonchev–Trinajstić information content (AvgIpc) is 2.88. The van der Waals surface area contributed by atoms with Crippen LogP contribution in [-0.4, -0.2) is 68.7 Å². The summed E-state index contributed by atoms with van der Waals surface area (Å²) in [6.07, 6.45) is 5.07. The second-order valence-corrected chi connectivity index (χ2v) is 11.0. The summed E-state index contributed by atoms with van der Waals surface area (Å²) in [5, 5.41) is 11.7.